The lowest BCUT2D eigenvalue weighted by molar-refractivity contribution is -0.119. The van der Waals surface area contributed by atoms with Crippen LogP contribution in [0.4, 0.5) is 11.4 Å². The smallest absolute Gasteiger partial charge is 0.227 e. The first-order chi connectivity index (χ1) is 12.7. The summed E-state index contributed by atoms with van der Waals surface area (Å²) in [6, 6.07) is 14.4. The van der Waals surface area contributed by atoms with Gasteiger partial charge in [0, 0.05) is 25.1 Å². The van der Waals surface area contributed by atoms with Crippen molar-refractivity contribution in [1.82, 2.24) is 0 Å². The van der Waals surface area contributed by atoms with Crippen molar-refractivity contribution in [2.75, 3.05) is 16.8 Å². The molecule has 0 unspecified atom stereocenters. The molecule has 134 valence electrons. The van der Waals surface area contributed by atoms with Crippen LogP contribution in [0.2, 0.25) is 0 Å². The van der Waals surface area contributed by atoms with Gasteiger partial charge in [0.05, 0.1) is 5.69 Å². The van der Waals surface area contributed by atoms with E-state index in [0.717, 1.165) is 50.0 Å². The number of carbonyl (C=O) groups is 2. The zero-order chi connectivity index (χ0) is 17.9. The average Bonchev–Trinajstić information content (AvgIpc) is 2.65. The molecule has 2 aromatic rings. The van der Waals surface area contributed by atoms with Crippen molar-refractivity contribution in [1.29, 1.82) is 0 Å². The van der Waals surface area contributed by atoms with Gasteiger partial charge in [-0.3, -0.25) is 9.59 Å². The minimum absolute atomic E-state index is 0.0626. The molecule has 2 aliphatic rings. The van der Waals surface area contributed by atoms with Gasteiger partial charge in [0.15, 0.2) is 0 Å². The van der Waals surface area contributed by atoms with E-state index in [2.05, 4.69) is 29.6 Å². The van der Waals surface area contributed by atoms with Crippen molar-refractivity contribution in [3.05, 3.63) is 59.2 Å². The van der Waals surface area contributed by atoms with Gasteiger partial charge in [-0.25, -0.2) is 0 Å². The van der Waals surface area contributed by atoms with Gasteiger partial charge < -0.3 is 10.2 Å². The Morgan fingerprint density at radius 3 is 2.62 bits per heavy atom. The molecule has 0 fully saturated rings. The summed E-state index contributed by atoms with van der Waals surface area (Å²) in [5.41, 5.74) is 5.64. The number of rotatable bonds is 5. The van der Waals surface area contributed by atoms with Crippen molar-refractivity contribution >= 4 is 23.2 Å². The maximum absolute atomic E-state index is 12.3. The van der Waals surface area contributed by atoms with Crippen LogP contribution in [-0.4, -0.2) is 18.4 Å². The number of benzene rings is 2. The molecule has 0 spiro atoms. The summed E-state index contributed by atoms with van der Waals surface area (Å²) < 4.78 is 0. The summed E-state index contributed by atoms with van der Waals surface area (Å²) in [5.74, 6) is 0.295. The summed E-state index contributed by atoms with van der Waals surface area (Å²) in [4.78, 5) is 26.4. The standard InChI is InChI=1S/C22H24N2O2/c25-20(10-4-8-16-6-2-1-3-7-16)23-19-14-17-9-5-13-24-21(26)12-11-18(15-19)22(17)24/h1-3,6-7,14-15H,4-5,8-13H2,(H,23,25). The van der Waals surface area contributed by atoms with E-state index in [4.69, 9.17) is 0 Å². The van der Waals surface area contributed by atoms with Crippen molar-refractivity contribution in [2.24, 2.45) is 0 Å². The van der Waals surface area contributed by atoms with Gasteiger partial charge >= 0.3 is 0 Å². The number of amides is 2. The van der Waals surface area contributed by atoms with Gasteiger partial charge in [0.2, 0.25) is 11.8 Å². The normalized spacial score (nSPS) is 15.5. The maximum atomic E-state index is 12.3. The van der Waals surface area contributed by atoms with Crippen molar-refractivity contribution < 1.29 is 9.59 Å². The fourth-order valence-corrected chi connectivity index (χ4v) is 4.05. The highest BCUT2D eigenvalue weighted by atomic mass is 16.2. The highest BCUT2D eigenvalue weighted by Gasteiger charge is 2.29. The van der Waals surface area contributed by atoms with E-state index >= 15 is 0 Å². The lowest BCUT2D eigenvalue weighted by Crippen LogP contribution is -2.39. The van der Waals surface area contributed by atoms with Gasteiger partial charge in [0.1, 0.15) is 0 Å². The van der Waals surface area contributed by atoms with E-state index in [1.165, 1.54) is 16.7 Å². The molecule has 0 bridgehead atoms. The van der Waals surface area contributed by atoms with E-state index in [0.29, 0.717) is 12.8 Å². The van der Waals surface area contributed by atoms with Crippen LogP contribution in [0.5, 0.6) is 0 Å². The SMILES string of the molecule is O=C(CCCc1ccccc1)Nc1cc2c3c(c1)CCC(=O)N3CCC2. The Labute approximate surface area is 154 Å². The molecule has 2 aliphatic heterocycles. The molecule has 2 heterocycles. The number of anilines is 2. The minimum atomic E-state index is 0.0626. The molecule has 0 radical (unpaired) electrons. The fraction of sp³-hybridized carbons (Fsp3) is 0.364. The lowest BCUT2D eigenvalue weighted by atomic mass is 9.91. The van der Waals surface area contributed by atoms with E-state index in [1.54, 1.807) is 0 Å². The predicted molar refractivity (Wildman–Crippen MR) is 103 cm³/mol. The van der Waals surface area contributed by atoms with Crippen LogP contribution in [-0.2, 0) is 28.9 Å². The quantitative estimate of drug-likeness (QED) is 0.892. The zero-order valence-electron chi connectivity index (χ0n) is 15.0. The average molecular weight is 348 g/mol. The third-order valence-electron chi connectivity index (χ3n) is 5.27. The van der Waals surface area contributed by atoms with Crippen LogP contribution in [0.1, 0.15) is 42.4 Å². The number of aryl methyl sites for hydroxylation is 3. The molecule has 26 heavy (non-hydrogen) atoms. The van der Waals surface area contributed by atoms with Gasteiger partial charge in [-0.05, 0) is 60.9 Å². The number of hydrogen-bond acceptors (Lipinski definition) is 2. The van der Waals surface area contributed by atoms with Crippen molar-refractivity contribution in [3.63, 3.8) is 0 Å². The monoisotopic (exact) mass is 348 g/mol. The summed E-state index contributed by atoms with van der Waals surface area (Å²) >= 11 is 0. The molecule has 4 heteroatoms. The minimum Gasteiger partial charge on any atom is -0.326 e. The lowest BCUT2D eigenvalue weighted by Gasteiger charge is -2.35. The Morgan fingerprint density at radius 2 is 1.81 bits per heavy atom. The van der Waals surface area contributed by atoms with E-state index in [1.807, 2.05) is 23.1 Å². The van der Waals surface area contributed by atoms with E-state index in [-0.39, 0.29) is 11.8 Å². The Kier molecular flexibility index (Phi) is 4.74. The number of nitrogens with zero attached hydrogens (tertiary/aromatic N) is 1. The second kappa shape index (κ2) is 7.32. The largest absolute Gasteiger partial charge is 0.326 e. The summed E-state index contributed by atoms with van der Waals surface area (Å²) in [5, 5.41) is 3.06. The topological polar surface area (TPSA) is 49.4 Å². The molecular weight excluding hydrogens is 324 g/mol. The molecule has 0 aliphatic carbocycles. The third kappa shape index (κ3) is 3.50. The summed E-state index contributed by atoms with van der Waals surface area (Å²) in [6.45, 7) is 0.823. The van der Waals surface area contributed by atoms with Crippen LogP contribution in [0.15, 0.2) is 42.5 Å². The van der Waals surface area contributed by atoms with Gasteiger partial charge in [-0.15, -0.1) is 0 Å². The van der Waals surface area contributed by atoms with Crippen molar-refractivity contribution in [3.8, 4) is 0 Å². The number of nitrogens with one attached hydrogen (secondary N) is 1. The van der Waals surface area contributed by atoms with Crippen LogP contribution in [0, 0.1) is 0 Å². The molecule has 4 rings (SSSR count). The Hall–Kier alpha value is -2.62. The zero-order valence-corrected chi connectivity index (χ0v) is 15.0. The first-order valence-corrected chi connectivity index (χ1v) is 9.50. The first kappa shape index (κ1) is 16.8. The Balaban J connectivity index is 1.41. The van der Waals surface area contributed by atoms with Crippen LogP contribution in [0.25, 0.3) is 0 Å². The third-order valence-corrected chi connectivity index (χ3v) is 5.27. The van der Waals surface area contributed by atoms with Crippen molar-refractivity contribution in [2.45, 2.75) is 44.9 Å². The van der Waals surface area contributed by atoms with E-state index < -0.39 is 0 Å². The van der Waals surface area contributed by atoms with Gasteiger partial charge in [0.25, 0.3) is 0 Å². The highest BCUT2D eigenvalue weighted by Crippen LogP contribution is 2.37. The molecule has 0 saturated carbocycles. The van der Waals surface area contributed by atoms with Gasteiger partial charge in [-0.1, -0.05) is 30.3 Å². The van der Waals surface area contributed by atoms with Gasteiger partial charge in [-0.2, -0.15) is 0 Å². The highest BCUT2D eigenvalue weighted by molar-refractivity contribution is 5.99. The van der Waals surface area contributed by atoms with Crippen LogP contribution >= 0.6 is 0 Å². The maximum Gasteiger partial charge on any atom is 0.227 e. The predicted octanol–water partition coefficient (Wildman–Crippen LogP) is 3.87. The molecule has 0 saturated heterocycles. The van der Waals surface area contributed by atoms with Crippen LogP contribution in [0.3, 0.4) is 0 Å². The molecule has 2 amide bonds. The molecule has 0 atom stereocenters. The van der Waals surface area contributed by atoms with E-state index in [9.17, 15) is 9.59 Å². The summed E-state index contributed by atoms with van der Waals surface area (Å²) in [6.07, 6.45) is 5.59. The summed E-state index contributed by atoms with van der Waals surface area (Å²) in [7, 11) is 0. The Bertz CT molecular complexity index is 812. The van der Waals surface area contributed by atoms with Crippen LogP contribution < -0.4 is 10.2 Å². The molecule has 1 N–H and O–H groups in total. The molecular formula is C22H24N2O2. The Morgan fingerprint density at radius 1 is 1.04 bits per heavy atom. The second-order valence-corrected chi connectivity index (χ2v) is 7.18. The molecule has 4 nitrogen and oxygen atoms in total. The fourth-order valence-electron chi connectivity index (χ4n) is 4.05. The second-order valence-electron chi connectivity index (χ2n) is 7.18. The molecule has 0 aromatic heterocycles. The molecule has 2 aromatic carbocycles. The first-order valence-electron chi connectivity index (χ1n) is 9.50. The number of carbonyl (C=O) groups excluding carboxylic acids is 2. The number of hydrogen-bond donors (Lipinski definition) is 1.